The third kappa shape index (κ3) is 4.23. The molecular formula is C16H25N3O5S. The lowest BCUT2D eigenvalue weighted by Crippen LogP contribution is -2.38. The van der Waals surface area contributed by atoms with Crippen molar-refractivity contribution in [2.75, 3.05) is 41.4 Å². The average molecular weight is 371 g/mol. The molecule has 1 atom stereocenters. The fraction of sp³-hybridized carbons (Fsp3) is 0.562. The van der Waals surface area contributed by atoms with E-state index >= 15 is 0 Å². The van der Waals surface area contributed by atoms with Gasteiger partial charge in [0.25, 0.3) is 5.91 Å². The van der Waals surface area contributed by atoms with Crippen molar-refractivity contribution < 1.29 is 22.7 Å². The Labute approximate surface area is 148 Å². The third-order valence-corrected chi connectivity index (χ3v) is 5.84. The van der Waals surface area contributed by atoms with E-state index in [0.29, 0.717) is 6.54 Å². The van der Waals surface area contributed by atoms with Crippen molar-refractivity contribution in [3.8, 4) is 11.5 Å². The van der Waals surface area contributed by atoms with E-state index in [9.17, 15) is 13.2 Å². The Balaban J connectivity index is 2.33. The van der Waals surface area contributed by atoms with E-state index in [-0.39, 0.29) is 28.0 Å². The predicted molar refractivity (Wildman–Crippen MR) is 93.8 cm³/mol. The molecule has 1 saturated heterocycles. The first kappa shape index (κ1) is 19.5. The molecule has 140 valence electrons. The third-order valence-electron chi connectivity index (χ3n) is 4.45. The van der Waals surface area contributed by atoms with Crippen LogP contribution in [0.5, 0.6) is 11.5 Å². The van der Waals surface area contributed by atoms with Gasteiger partial charge in [0.15, 0.2) is 11.5 Å². The molecule has 0 aromatic heterocycles. The van der Waals surface area contributed by atoms with Crippen LogP contribution in [0.3, 0.4) is 0 Å². The van der Waals surface area contributed by atoms with E-state index in [1.165, 1.54) is 33.4 Å². The highest BCUT2D eigenvalue weighted by Gasteiger charge is 2.25. The van der Waals surface area contributed by atoms with E-state index in [1.54, 1.807) is 0 Å². The summed E-state index contributed by atoms with van der Waals surface area (Å²) >= 11 is 0. The Morgan fingerprint density at radius 1 is 1.32 bits per heavy atom. The number of benzene rings is 1. The van der Waals surface area contributed by atoms with Crippen LogP contribution in [-0.4, -0.2) is 66.7 Å². The second kappa shape index (κ2) is 8.03. The monoisotopic (exact) mass is 371 g/mol. The number of methoxy groups -OCH3 is 2. The van der Waals surface area contributed by atoms with Crippen LogP contribution in [-0.2, 0) is 10.0 Å². The fourth-order valence-corrected chi connectivity index (χ4v) is 3.69. The summed E-state index contributed by atoms with van der Waals surface area (Å²) in [5.74, 6) is -0.0135. The molecule has 8 nitrogen and oxygen atoms in total. The maximum Gasteiger partial charge on any atom is 0.255 e. The molecule has 0 unspecified atom stereocenters. The molecular weight excluding hydrogens is 346 g/mol. The molecule has 0 spiro atoms. The number of likely N-dealkylation sites (tertiary alicyclic amines) is 1. The maximum atomic E-state index is 12.6. The highest BCUT2D eigenvalue weighted by atomic mass is 32.2. The first-order chi connectivity index (χ1) is 11.8. The first-order valence-electron chi connectivity index (χ1n) is 8.02. The van der Waals surface area contributed by atoms with Crippen LogP contribution in [0, 0.1) is 0 Å². The molecule has 2 N–H and O–H groups in total. The van der Waals surface area contributed by atoms with E-state index < -0.39 is 15.9 Å². The van der Waals surface area contributed by atoms with Crippen molar-refractivity contribution in [2.24, 2.45) is 0 Å². The minimum Gasteiger partial charge on any atom is -0.493 e. The minimum absolute atomic E-state index is 0.0595. The maximum absolute atomic E-state index is 12.6. The highest BCUT2D eigenvalue weighted by molar-refractivity contribution is 7.89. The van der Waals surface area contributed by atoms with Crippen LogP contribution in [0.2, 0.25) is 0 Å². The molecule has 1 aromatic rings. The first-order valence-corrected chi connectivity index (χ1v) is 9.50. The Kier molecular flexibility index (Phi) is 6.26. The molecule has 1 aliphatic rings. The van der Waals surface area contributed by atoms with Crippen LogP contribution < -0.4 is 19.5 Å². The molecule has 1 aromatic carbocycles. The number of likely N-dealkylation sites (N-methyl/N-ethyl adjacent to an activating group) is 1. The van der Waals surface area contributed by atoms with Crippen molar-refractivity contribution in [3.05, 3.63) is 17.7 Å². The molecule has 9 heteroatoms. The summed E-state index contributed by atoms with van der Waals surface area (Å²) < 4.78 is 36.9. The number of nitrogens with one attached hydrogen (secondary N) is 2. The second-order valence-corrected chi connectivity index (χ2v) is 7.79. The summed E-state index contributed by atoms with van der Waals surface area (Å²) in [6, 6.07) is 2.90. The second-order valence-electron chi connectivity index (χ2n) is 5.90. The standard InChI is InChI=1S/C16H25N3O5S/c1-17-25(21,22)12-8-13(15(24-4)14(9-12)23-3)16(20)18-10-11-6-5-7-19(11)2/h8-9,11,17H,5-7,10H2,1-4H3,(H,18,20)/t11-/m1/s1. The van der Waals surface area contributed by atoms with Gasteiger partial charge in [-0.25, -0.2) is 13.1 Å². The van der Waals surface area contributed by atoms with E-state index in [1.807, 2.05) is 7.05 Å². The Morgan fingerprint density at radius 2 is 2.04 bits per heavy atom. The molecule has 1 amide bonds. The largest absolute Gasteiger partial charge is 0.493 e. The number of nitrogens with zero attached hydrogens (tertiary/aromatic N) is 1. The van der Waals surface area contributed by atoms with Gasteiger partial charge in [0.1, 0.15) is 0 Å². The van der Waals surface area contributed by atoms with Crippen molar-refractivity contribution in [2.45, 2.75) is 23.8 Å². The van der Waals surface area contributed by atoms with Crippen molar-refractivity contribution in [3.63, 3.8) is 0 Å². The molecule has 0 bridgehead atoms. The molecule has 0 saturated carbocycles. The topological polar surface area (TPSA) is 97.0 Å². The van der Waals surface area contributed by atoms with Gasteiger partial charge in [-0.3, -0.25) is 4.79 Å². The van der Waals surface area contributed by atoms with Gasteiger partial charge in [0, 0.05) is 18.7 Å². The van der Waals surface area contributed by atoms with Gasteiger partial charge < -0.3 is 19.7 Å². The lowest BCUT2D eigenvalue weighted by Gasteiger charge is -2.20. The van der Waals surface area contributed by atoms with Crippen LogP contribution >= 0.6 is 0 Å². The van der Waals surface area contributed by atoms with Gasteiger partial charge in [-0.2, -0.15) is 0 Å². The van der Waals surface area contributed by atoms with Gasteiger partial charge in [-0.15, -0.1) is 0 Å². The average Bonchev–Trinajstić information content (AvgIpc) is 3.03. The zero-order valence-electron chi connectivity index (χ0n) is 15.0. The fourth-order valence-electron chi connectivity index (χ4n) is 2.92. The number of sulfonamides is 1. The lowest BCUT2D eigenvalue weighted by molar-refractivity contribution is 0.0939. The summed E-state index contributed by atoms with van der Waals surface area (Å²) in [4.78, 5) is 14.8. The van der Waals surface area contributed by atoms with Gasteiger partial charge in [-0.05, 0) is 39.5 Å². The lowest BCUT2D eigenvalue weighted by atomic mass is 10.1. The smallest absolute Gasteiger partial charge is 0.255 e. The van der Waals surface area contributed by atoms with E-state index in [0.717, 1.165) is 19.4 Å². The van der Waals surface area contributed by atoms with Crippen molar-refractivity contribution in [1.82, 2.24) is 14.9 Å². The summed E-state index contributed by atoms with van der Waals surface area (Å²) in [5, 5.41) is 2.86. The van der Waals surface area contributed by atoms with Crippen molar-refractivity contribution >= 4 is 15.9 Å². The van der Waals surface area contributed by atoms with Crippen LogP contribution in [0.4, 0.5) is 0 Å². The van der Waals surface area contributed by atoms with Gasteiger partial charge in [0.2, 0.25) is 10.0 Å². The summed E-state index contributed by atoms with van der Waals surface area (Å²) in [6.45, 7) is 1.50. The Morgan fingerprint density at radius 3 is 2.56 bits per heavy atom. The van der Waals surface area contributed by atoms with Gasteiger partial charge in [-0.1, -0.05) is 0 Å². The number of carbonyl (C=O) groups excluding carboxylic acids is 1. The summed E-state index contributed by atoms with van der Waals surface area (Å²) in [5.41, 5.74) is 0.122. The predicted octanol–water partition coefficient (Wildman–Crippen LogP) is 0.436. The Bertz CT molecular complexity index is 736. The molecule has 25 heavy (non-hydrogen) atoms. The molecule has 1 heterocycles. The summed E-state index contributed by atoms with van der Waals surface area (Å²) in [7, 11) is 2.40. The molecule has 1 aliphatic heterocycles. The van der Waals surface area contributed by atoms with E-state index in [2.05, 4.69) is 14.9 Å². The normalized spacial score (nSPS) is 18.2. The molecule has 1 fully saturated rings. The number of carbonyl (C=O) groups is 1. The van der Waals surface area contributed by atoms with Gasteiger partial charge >= 0.3 is 0 Å². The molecule has 0 aliphatic carbocycles. The van der Waals surface area contributed by atoms with Crippen molar-refractivity contribution in [1.29, 1.82) is 0 Å². The zero-order valence-corrected chi connectivity index (χ0v) is 15.8. The van der Waals surface area contributed by atoms with Crippen LogP contribution in [0.1, 0.15) is 23.2 Å². The SMILES string of the molecule is CNS(=O)(=O)c1cc(OC)c(OC)c(C(=O)NC[C@H]2CCCN2C)c1. The number of rotatable bonds is 7. The van der Waals surface area contributed by atoms with Gasteiger partial charge in [0.05, 0.1) is 24.7 Å². The molecule has 2 rings (SSSR count). The minimum atomic E-state index is -3.72. The number of hydrogen-bond donors (Lipinski definition) is 2. The Hall–Kier alpha value is -1.84. The molecule has 0 radical (unpaired) electrons. The van der Waals surface area contributed by atoms with E-state index in [4.69, 9.17) is 9.47 Å². The number of hydrogen-bond acceptors (Lipinski definition) is 6. The van der Waals surface area contributed by atoms with Crippen LogP contribution in [0.15, 0.2) is 17.0 Å². The number of amides is 1. The highest BCUT2D eigenvalue weighted by Crippen LogP contribution is 2.34. The summed E-state index contributed by atoms with van der Waals surface area (Å²) in [6.07, 6.45) is 2.12. The van der Waals surface area contributed by atoms with Crippen LogP contribution in [0.25, 0.3) is 0 Å². The quantitative estimate of drug-likeness (QED) is 0.722. The zero-order chi connectivity index (χ0) is 18.6. The number of ether oxygens (including phenoxy) is 2.